The van der Waals surface area contributed by atoms with Gasteiger partial charge in [0.1, 0.15) is 0 Å². The lowest BCUT2D eigenvalue weighted by molar-refractivity contribution is -0.118. The fourth-order valence-electron chi connectivity index (χ4n) is 0.337. The molecule has 0 bridgehead atoms. The molecule has 0 saturated carbocycles. The molecule has 0 aliphatic carbocycles. The van der Waals surface area contributed by atoms with E-state index in [0.29, 0.717) is 0 Å². The molecule has 4 nitrogen and oxygen atoms in total. The maximum atomic E-state index is 10.5. The standard InChI is InChI=1S/C6H11NO3/c1-4(5(2)8)7-6(9)10-3/h4H,1-3H3,(H,7,9). The van der Waals surface area contributed by atoms with E-state index in [9.17, 15) is 9.59 Å². The number of amides is 1. The van der Waals surface area contributed by atoms with Gasteiger partial charge in [-0.15, -0.1) is 0 Å². The van der Waals surface area contributed by atoms with Crippen LogP contribution < -0.4 is 5.32 Å². The minimum Gasteiger partial charge on any atom is -0.453 e. The molecule has 1 amide bonds. The van der Waals surface area contributed by atoms with Gasteiger partial charge in [-0.05, 0) is 13.8 Å². The lowest BCUT2D eigenvalue weighted by Gasteiger charge is -2.07. The van der Waals surface area contributed by atoms with Gasteiger partial charge in [-0.1, -0.05) is 0 Å². The summed E-state index contributed by atoms with van der Waals surface area (Å²) in [5.74, 6) is -0.0922. The highest BCUT2D eigenvalue weighted by molar-refractivity contribution is 5.84. The van der Waals surface area contributed by atoms with Crippen LogP contribution in [0.1, 0.15) is 13.8 Å². The van der Waals surface area contributed by atoms with Crippen LogP contribution in [0.25, 0.3) is 0 Å². The number of hydrogen-bond acceptors (Lipinski definition) is 3. The summed E-state index contributed by atoms with van der Waals surface area (Å²) in [7, 11) is 1.25. The molecule has 0 aliphatic rings. The topological polar surface area (TPSA) is 55.4 Å². The molecule has 0 aromatic carbocycles. The summed E-state index contributed by atoms with van der Waals surface area (Å²) < 4.78 is 4.27. The Kier molecular flexibility index (Phi) is 3.46. The zero-order valence-electron chi connectivity index (χ0n) is 6.30. The van der Waals surface area contributed by atoms with Gasteiger partial charge in [0, 0.05) is 0 Å². The van der Waals surface area contributed by atoms with E-state index in [4.69, 9.17) is 0 Å². The molecule has 0 aliphatic heterocycles. The monoisotopic (exact) mass is 145 g/mol. The quantitative estimate of drug-likeness (QED) is 0.608. The minimum absolute atomic E-state index is 0.0922. The van der Waals surface area contributed by atoms with Crippen molar-refractivity contribution in [3.05, 3.63) is 0 Å². The van der Waals surface area contributed by atoms with Gasteiger partial charge >= 0.3 is 6.09 Å². The minimum atomic E-state index is -0.581. The first-order chi connectivity index (χ1) is 4.57. The van der Waals surface area contributed by atoms with Crippen LogP contribution in [0, 0.1) is 0 Å². The van der Waals surface area contributed by atoms with Crippen LogP contribution in [0.15, 0.2) is 0 Å². The third-order valence-corrected chi connectivity index (χ3v) is 1.13. The summed E-state index contributed by atoms with van der Waals surface area (Å²) in [6, 6.07) is -0.465. The first-order valence-electron chi connectivity index (χ1n) is 2.93. The predicted octanol–water partition coefficient (Wildman–Crippen LogP) is 0.320. The van der Waals surface area contributed by atoms with Crippen molar-refractivity contribution in [3.8, 4) is 0 Å². The maximum Gasteiger partial charge on any atom is 0.407 e. The van der Waals surface area contributed by atoms with Crippen molar-refractivity contribution in [2.75, 3.05) is 7.11 Å². The molecule has 0 aromatic heterocycles. The Labute approximate surface area is 59.6 Å². The number of Topliss-reactive ketones (excluding diaryl/α,β-unsaturated/α-hetero) is 1. The molecular formula is C6H11NO3. The van der Waals surface area contributed by atoms with Gasteiger partial charge in [-0.3, -0.25) is 4.79 Å². The largest absolute Gasteiger partial charge is 0.453 e. The molecule has 1 N–H and O–H groups in total. The van der Waals surface area contributed by atoms with Crippen LogP contribution >= 0.6 is 0 Å². The van der Waals surface area contributed by atoms with Gasteiger partial charge in [0.2, 0.25) is 0 Å². The zero-order chi connectivity index (χ0) is 8.15. The average molecular weight is 145 g/mol. The summed E-state index contributed by atoms with van der Waals surface area (Å²) in [5, 5.41) is 2.32. The lowest BCUT2D eigenvalue weighted by atomic mass is 10.2. The van der Waals surface area contributed by atoms with E-state index in [0.717, 1.165) is 0 Å². The zero-order valence-corrected chi connectivity index (χ0v) is 6.30. The molecule has 1 atom stereocenters. The van der Waals surface area contributed by atoms with Gasteiger partial charge in [0.25, 0.3) is 0 Å². The fourth-order valence-corrected chi connectivity index (χ4v) is 0.337. The molecule has 0 heterocycles. The Morgan fingerprint density at radius 2 is 2.00 bits per heavy atom. The summed E-state index contributed by atoms with van der Waals surface area (Å²) in [6.07, 6.45) is -0.581. The van der Waals surface area contributed by atoms with Crippen molar-refractivity contribution >= 4 is 11.9 Å². The normalized spacial score (nSPS) is 11.9. The van der Waals surface area contributed by atoms with Crippen molar-refractivity contribution in [2.24, 2.45) is 0 Å². The smallest absolute Gasteiger partial charge is 0.407 e. The molecule has 0 radical (unpaired) electrons. The van der Waals surface area contributed by atoms with E-state index in [1.165, 1.54) is 14.0 Å². The highest BCUT2D eigenvalue weighted by atomic mass is 16.5. The molecular weight excluding hydrogens is 134 g/mol. The van der Waals surface area contributed by atoms with Crippen molar-refractivity contribution < 1.29 is 14.3 Å². The summed E-state index contributed by atoms with van der Waals surface area (Å²) in [4.78, 5) is 21.0. The Bertz CT molecular complexity index is 144. The molecule has 0 spiro atoms. The first-order valence-corrected chi connectivity index (χ1v) is 2.93. The SMILES string of the molecule is COC(=O)NC(C)C(C)=O. The predicted molar refractivity (Wildman–Crippen MR) is 35.7 cm³/mol. The first kappa shape index (κ1) is 8.94. The van der Waals surface area contributed by atoms with Crippen molar-refractivity contribution in [2.45, 2.75) is 19.9 Å². The molecule has 0 aromatic rings. The summed E-state index contributed by atoms with van der Waals surface area (Å²) in [6.45, 7) is 3.00. The van der Waals surface area contributed by atoms with Crippen LogP contribution in [0.5, 0.6) is 0 Å². The second-order valence-electron chi connectivity index (χ2n) is 1.97. The number of methoxy groups -OCH3 is 1. The number of alkyl carbamates (subject to hydrolysis) is 1. The highest BCUT2D eigenvalue weighted by Crippen LogP contribution is 1.83. The van der Waals surface area contributed by atoms with Crippen LogP contribution in [0.4, 0.5) is 4.79 Å². The number of carbonyl (C=O) groups is 2. The molecule has 58 valence electrons. The van der Waals surface area contributed by atoms with Crippen LogP contribution in [0.3, 0.4) is 0 Å². The number of rotatable bonds is 2. The van der Waals surface area contributed by atoms with Gasteiger partial charge in [0.05, 0.1) is 13.2 Å². The Morgan fingerprint density at radius 1 is 1.50 bits per heavy atom. The van der Waals surface area contributed by atoms with Crippen molar-refractivity contribution in [1.82, 2.24) is 5.32 Å². The average Bonchev–Trinajstić information content (AvgIpc) is 1.87. The number of ketones is 1. The molecule has 10 heavy (non-hydrogen) atoms. The maximum absolute atomic E-state index is 10.5. The molecule has 4 heteroatoms. The van der Waals surface area contributed by atoms with E-state index >= 15 is 0 Å². The number of ether oxygens (including phenoxy) is 1. The Hall–Kier alpha value is -1.06. The highest BCUT2D eigenvalue weighted by Gasteiger charge is 2.09. The van der Waals surface area contributed by atoms with Gasteiger partial charge < -0.3 is 10.1 Å². The third kappa shape index (κ3) is 3.06. The van der Waals surface area contributed by atoms with Crippen LogP contribution in [-0.4, -0.2) is 25.0 Å². The van der Waals surface area contributed by atoms with E-state index in [2.05, 4.69) is 10.1 Å². The Morgan fingerprint density at radius 3 is 2.30 bits per heavy atom. The van der Waals surface area contributed by atoms with E-state index in [1.807, 2.05) is 0 Å². The Balaban J connectivity index is 3.68. The van der Waals surface area contributed by atoms with Gasteiger partial charge in [0.15, 0.2) is 5.78 Å². The number of carbonyl (C=O) groups excluding carboxylic acids is 2. The molecule has 1 unspecified atom stereocenters. The van der Waals surface area contributed by atoms with Crippen LogP contribution in [0.2, 0.25) is 0 Å². The number of hydrogen-bond donors (Lipinski definition) is 1. The number of nitrogens with one attached hydrogen (secondary N) is 1. The second kappa shape index (κ2) is 3.87. The molecule has 0 saturated heterocycles. The van der Waals surface area contributed by atoms with E-state index < -0.39 is 12.1 Å². The summed E-state index contributed by atoms with van der Waals surface area (Å²) in [5.41, 5.74) is 0. The fraction of sp³-hybridized carbons (Fsp3) is 0.667. The molecule has 0 fully saturated rings. The van der Waals surface area contributed by atoms with Crippen LogP contribution in [-0.2, 0) is 9.53 Å². The van der Waals surface area contributed by atoms with Crippen molar-refractivity contribution in [3.63, 3.8) is 0 Å². The lowest BCUT2D eigenvalue weighted by Crippen LogP contribution is -2.37. The van der Waals surface area contributed by atoms with Gasteiger partial charge in [-0.25, -0.2) is 4.79 Å². The summed E-state index contributed by atoms with van der Waals surface area (Å²) >= 11 is 0. The van der Waals surface area contributed by atoms with Crippen molar-refractivity contribution in [1.29, 1.82) is 0 Å². The van der Waals surface area contributed by atoms with E-state index in [1.54, 1.807) is 6.92 Å². The second-order valence-corrected chi connectivity index (χ2v) is 1.97. The third-order valence-electron chi connectivity index (χ3n) is 1.13. The van der Waals surface area contributed by atoms with E-state index in [-0.39, 0.29) is 5.78 Å². The van der Waals surface area contributed by atoms with Gasteiger partial charge in [-0.2, -0.15) is 0 Å². The molecule has 0 rings (SSSR count).